The maximum atomic E-state index is 10.3. The van der Waals surface area contributed by atoms with E-state index in [9.17, 15) is 4.79 Å². The Kier molecular flexibility index (Phi) is 5.04. The lowest BCUT2D eigenvalue weighted by atomic mass is 9.92. The lowest BCUT2D eigenvalue weighted by Gasteiger charge is -2.26. The summed E-state index contributed by atoms with van der Waals surface area (Å²) in [7, 11) is 0. The normalized spacial score (nSPS) is 26.2. The molecule has 0 spiro atoms. The van der Waals surface area contributed by atoms with Gasteiger partial charge in [-0.3, -0.25) is 9.80 Å². The molecule has 0 aromatic heterocycles. The molecule has 1 fully saturated rings. The first-order chi connectivity index (χ1) is 7.67. The van der Waals surface area contributed by atoms with Crippen LogP contribution in [0.25, 0.3) is 0 Å². The fraction of sp³-hybridized carbons (Fsp3) is 0.800. The average molecular weight is 227 g/mol. The van der Waals surface area contributed by atoms with E-state index >= 15 is 0 Å². The zero-order chi connectivity index (χ0) is 12.0. The molecular weight excluding hydrogens is 206 g/mol. The van der Waals surface area contributed by atoms with E-state index in [1.54, 1.807) is 0 Å². The molecule has 0 atom stereocenters. The zero-order valence-corrected chi connectivity index (χ0v) is 9.72. The van der Waals surface area contributed by atoms with Crippen LogP contribution in [0.3, 0.4) is 0 Å². The number of aliphatic imine (C=N–C) groups is 1. The van der Waals surface area contributed by atoms with Crippen LogP contribution < -0.4 is 16.9 Å². The van der Waals surface area contributed by atoms with Crippen LogP contribution in [-0.4, -0.2) is 36.0 Å². The van der Waals surface area contributed by atoms with Gasteiger partial charge in [0.05, 0.1) is 6.04 Å². The summed E-state index contributed by atoms with van der Waals surface area (Å²) >= 11 is 0. The minimum Gasteiger partial charge on any atom is -0.369 e. The summed E-state index contributed by atoms with van der Waals surface area (Å²) in [6.45, 7) is 2.57. The molecule has 1 amide bonds. The van der Waals surface area contributed by atoms with E-state index in [0.717, 1.165) is 32.1 Å². The van der Waals surface area contributed by atoms with Gasteiger partial charge in [-0.2, -0.15) is 0 Å². The van der Waals surface area contributed by atoms with Crippen molar-refractivity contribution in [3.05, 3.63) is 0 Å². The average Bonchev–Trinajstić information content (AvgIpc) is 2.31. The van der Waals surface area contributed by atoms with Crippen molar-refractivity contribution in [2.45, 2.75) is 44.7 Å². The summed E-state index contributed by atoms with van der Waals surface area (Å²) in [6, 6.07) is 0.535. The van der Waals surface area contributed by atoms with Gasteiger partial charge >= 0.3 is 0 Å². The highest BCUT2D eigenvalue weighted by molar-refractivity contribution is 5.77. The van der Waals surface area contributed by atoms with Crippen LogP contribution in [0.15, 0.2) is 4.99 Å². The number of nitrogens with zero attached hydrogens (tertiary/aromatic N) is 2. The first-order valence-electron chi connectivity index (χ1n) is 5.72. The van der Waals surface area contributed by atoms with Gasteiger partial charge in [0, 0.05) is 12.6 Å². The van der Waals surface area contributed by atoms with E-state index in [0.29, 0.717) is 18.5 Å². The molecule has 6 nitrogen and oxygen atoms in total. The quantitative estimate of drug-likeness (QED) is 0.199. The molecule has 0 bridgehead atoms. The van der Waals surface area contributed by atoms with Crippen molar-refractivity contribution >= 4 is 12.4 Å². The first kappa shape index (κ1) is 12.8. The van der Waals surface area contributed by atoms with Crippen molar-refractivity contribution < 1.29 is 4.79 Å². The topological polar surface area (TPSA) is 96.7 Å². The maximum absolute atomic E-state index is 10.3. The number of guanidine groups is 1. The van der Waals surface area contributed by atoms with Gasteiger partial charge in [0.2, 0.25) is 12.4 Å². The fourth-order valence-electron chi connectivity index (χ4n) is 1.89. The van der Waals surface area contributed by atoms with E-state index < -0.39 is 0 Å². The van der Waals surface area contributed by atoms with Crippen LogP contribution >= 0.6 is 0 Å². The highest BCUT2D eigenvalue weighted by atomic mass is 16.1. The molecule has 92 valence electrons. The third kappa shape index (κ3) is 3.69. The molecule has 1 saturated carbocycles. The molecule has 0 unspecified atom stereocenters. The van der Waals surface area contributed by atoms with Crippen LogP contribution in [0.4, 0.5) is 0 Å². The summed E-state index contributed by atoms with van der Waals surface area (Å²) in [5.74, 6) is 6.03. The Balaban J connectivity index is 2.39. The predicted molar refractivity (Wildman–Crippen MR) is 63.4 cm³/mol. The van der Waals surface area contributed by atoms with E-state index in [2.05, 4.69) is 10.3 Å². The van der Waals surface area contributed by atoms with Gasteiger partial charge in [-0.05, 0) is 32.6 Å². The van der Waals surface area contributed by atoms with Gasteiger partial charge in [0.25, 0.3) is 0 Å². The van der Waals surface area contributed by atoms with E-state index in [-0.39, 0.29) is 6.04 Å². The smallest absolute Gasteiger partial charge is 0.207 e. The van der Waals surface area contributed by atoms with Crippen LogP contribution in [-0.2, 0) is 4.79 Å². The molecule has 16 heavy (non-hydrogen) atoms. The molecule has 0 aromatic carbocycles. The number of carbonyl (C=O) groups excluding carboxylic acids is 1. The van der Waals surface area contributed by atoms with E-state index in [4.69, 9.17) is 11.6 Å². The van der Waals surface area contributed by atoms with Crippen molar-refractivity contribution in [1.29, 1.82) is 0 Å². The Morgan fingerprint density at radius 1 is 1.50 bits per heavy atom. The number of amides is 1. The van der Waals surface area contributed by atoms with Gasteiger partial charge in [0.1, 0.15) is 0 Å². The molecule has 0 aliphatic heterocycles. The number of nitrogens with one attached hydrogen (secondary N) is 1. The number of hydrazine groups is 1. The Hall–Kier alpha value is -1.30. The third-order valence-electron chi connectivity index (χ3n) is 2.95. The van der Waals surface area contributed by atoms with Gasteiger partial charge in [0.15, 0.2) is 0 Å². The first-order valence-corrected chi connectivity index (χ1v) is 5.72. The number of hydrogen-bond donors (Lipinski definition) is 3. The summed E-state index contributed by atoms with van der Waals surface area (Å²) in [5, 5.41) is 4.24. The van der Waals surface area contributed by atoms with Crippen LogP contribution in [0, 0.1) is 0 Å². The standard InChI is InChI=1S/C10H21N5O/c1-2-15(12)10(11)14-9-5-3-8(4-6-9)13-7-16/h7-9H,2-6,12H2,1H3,(H2,11,14)(H,13,16). The molecule has 0 aromatic rings. The molecule has 5 N–H and O–H groups in total. The summed E-state index contributed by atoms with van der Waals surface area (Å²) in [5.41, 5.74) is 5.73. The van der Waals surface area contributed by atoms with Crippen molar-refractivity contribution in [2.75, 3.05) is 6.54 Å². The zero-order valence-electron chi connectivity index (χ0n) is 9.72. The van der Waals surface area contributed by atoms with Crippen molar-refractivity contribution in [3.63, 3.8) is 0 Å². The van der Waals surface area contributed by atoms with E-state index in [1.807, 2.05) is 6.92 Å². The van der Waals surface area contributed by atoms with Gasteiger partial charge < -0.3 is 11.1 Å². The van der Waals surface area contributed by atoms with Crippen molar-refractivity contribution in [3.8, 4) is 0 Å². The number of hydrogen-bond acceptors (Lipinski definition) is 3. The largest absolute Gasteiger partial charge is 0.369 e. The maximum Gasteiger partial charge on any atom is 0.207 e. The highest BCUT2D eigenvalue weighted by Crippen LogP contribution is 2.20. The number of carbonyl (C=O) groups is 1. The second-order valence-corrected chi connectivity index (χ2v) is 4.06. The number of rotatable bonds is 4. The Morgan fingerprint density at radius 3 is 2.62 bits per heavy atom. The third-order valence-corrected chi connectivity index (χ3v) is 2.95. The molecular formula is C10H21N5O. The Morgan fingerprint density at radius 2 is 2.12 bits per heavy atom. The highest BCUT2D eigenvalue weighted by Gasteiger charge is 2.20. The van der Waals surface area contributed by atoms with Crippen LogP contribution in [0.5, 0.6) is 0 Å². The predicted octanol–water partition coefficient (Wildman–Crippen LogP) is -0.446. The SMILES string of the molecule is CCN(N)C(N)=NC1CCC(NC=O)CC1. The monoisotopic (exact) mass is 227 g/mol. The molecule has 0 saturated heterocycles. The van der Waals surface area contributed by atoms with Crippen LogP contribution in [0.1, 0.15) is 32.6 Å². The van der Waals surface area contributed by atoms with Crippen LogP contribution in [0.2, 0.25) is 0 Å². The molecule has 6 heteroatoms. The molecule has 1 aliphatic rings. The van der Waals surface area contributed by atoms with Gasteiger partial charge in [-0.1, -0.05) is 0 Å². The van der Waals surface area contributed by atoms with Crippen molar-refractivity contribution in [1.82, 2.24) is 10.3 Å². The van der Waals surface area contributed by atoms with Gasteiger partial charge in [-0.15, -0.1) is 0 Å². The lowest BCUT2D eigenvalue weighted by Crippen LogP contribution is -2.43. The second-order valence-electron chi connectivity index (χ2n) is 4.06. The second kappa shape index (κ2) is 6.32. The summed E-state index contributed by atoms with van der Waals surface area (Å²) in [4.78, 5) is 14.7. The van der Waals surface area contributed by atoms with E-state index in [1.165, 1.54) is 5.01 Å². The molecule has 0 heterocycles. The van der Waals surface area contributed by atoms with Gasteiger partial charge in [-0.25, -0.2) is 10.8 Å². The Bertz CT molecular complexity index is 248. The molecule has 1 rings (SSSR count). The van der Waals surface area contributed by atoms with Crippen molar-refractivity contribution in [2.24, 2.45) is 16.6 Å². The minimum atomic E-state index is 0.238. The molecule has 1 aliphatic carbocycles. The fourth-order valence-corrected chi connectivity index (χ4v) is 1.89. The lowest BCUT2D eigenvalue weighted by molar-refractivity contribution is -0.110. The number of nitrogens with two attached hydrogens (primary N) is 2. The Labute approximate surface area is 96.0 Å². The minimum absolute atomic E-state index is 0.238. The molecule has 0 radical (unpaired) electrons. The summed E-state index contributed by atoms with van der Waals surface area (Å²) < 4.78 is 0. The summed E-state index contributed by atoms with van der Waals surface area (Å²) in [6.07, 6.45) is 4.57.